The Kier molecular flexibility index (Phi) is 5.12. The highest BCUT2D eigenvalue weighted by Gasteiger charge is 2.28. The molecule has 0 unspecified atom stereocenters. The van der Waals surface area contributed by atoms with E-state index in [1.807, 2.05) is 20.8 Å². The third-order valence-electron chi connectivity index (χ3n) is 3.34. The molecule has 2 heterocycles. The minimum atomic E-state index is -0.496. The lowest BCUT2D eigenvalue weighted by molar-refractivity contribution is 0.0122. The third-order valence-corrected chi connectivity index (χ3v) is 3.34. The van der Waals surface area contributed by atoms with E-state index in [0.717, 1.165) is 0 Å². The summed E-state index contributed by atoms with van der Waals surface area (Å²) in [7, 11) is 1.30. The number of hydrogen-bond donors (Lipinski definition) is 1. The molecule has 128 valence electrons. The number of H-pyrrole nitrogens is 1. The summed E-state index contributed by atoms with van der Waals surface area (Å²) in [5.41, 5.74) is -0.252. The average molecular weight is 325 g/mol. The summed E-state index contributed by atoms with van der Waals surface area (Å²) in [4.78, 5) is 25.0. The van der Waals surface area contributed by atoms with Crippen LogP contribution in [-0.2, 0) is 9.47 Å². The van der Waals surface area contributed by atoms with Crippen molar-refractivity contribution in [3.63, 3.8) is 0 Å². The third kappa shape index (κ3) is 4.87. The van der Waals surface area contributed by atoms with E-state index in [2.05, 4.69) is 14.9 Å². The maximum absolute atomic E-state index is 12.0. The van der Waals surface area contributed by atoms with E-state index in [-0.39, 0.29) is 17.9 Å². The van der Waals surface area contributed by atoms with E-state index < -0.39 is 11.6 Å². The number of aromatic amines is 1. The Labute approximate surface area is 135 Å². The Bertz CT molecular complexity index is 556. The van der Waals surface area contributed by atoms with Crippen LogP contribution in [0.3, 0.4) is 0 Å². The number of nitrogens with zero attached hydrogens (tertiary/aromatic N) is 2. The Morgan fingerprint density at radius 3 is 2.52 bits per heavy atom. The van der Waals surface area contributed by atoms with E-state index in [1.54, 1.807) is 4.90 Å². The van der Waals surface area contributed by atoms with Crippen LogP contribution in [0.5, 0.6) is 5.88 Å². The lowest BCUT2D eigenvalue weighted by Crippen LogP contribution is -2.44. The summed E-state index contributed by atoms with van der Waals surface area (Å²) in [6.07, 6.45) is 1.01. The summed E-state index contributed by atoms with van der Waals surface area (Å²) in [6, 6.07) is 1.51. The molecule has 0 radical (unpaired) electrons. The number of carbonyl (C=O) groups excluding carboxylic acids is 2. The summed E-state index contributed by atoms with van der Waals surface area (Å²) in [5, 5.41) is 6.49. The molecule has 0 aliphatic carbocycles. The van der Waals surface area contributed by atoms with Gasteiger partial charge >= 0.3 is 12.1 Å². The zero-order valence-corrected chi connectivity index (χ0v) is 13.9. The van der Waals surface area contributed by atoms with Crippen LogP contribution in [-0.4, -0.2) is 59.1 Å². The van der Waals surface area contributed by atoms with Crippen LogP contribution < -0.4 is 4.74 Å². The van der Waals surface area contributed by atoms with Gasteiger partial charge in [0.05, 0.1) is 7.11 Å². The fourth-order valence-corrected chi connectivity index (χ4v) is 2.23. The molecule has 8 heteroatoms. The molecule has 1 N–H and O–H groups in total. The van der Waals surface area contributed by atoms with Gasteiger partial charge in [0.2, 0.25) is 5.88 Å². The second-order valence-electron chi connectivity index (χ2n) is 6.40. The topological polar surface area (TPSA) is 93.8 Å². The predicted octanol–water partition coefficient (Wildman–Crippen LogP) is 1.97. The molecule has 0 aromatic carbocycles. The Morgan fingerprint density at radius 2 is 1.96 bits per heavy atom. The van der Waals surface area contributed by atoms with Gasteiger partial charge in [-0.25, -0.2) is 9.59 Å². The molecule has 1 fully saturated rings. The number of methoxy groups -OCH3 is 1. The van der Waals surface area contributed by atoms with Gasteiger partial charge in [-0.2, -0.15) is 0 Å². The molecule has 0 spiro atoms. The van der Waals surface area contributed by atoms with Crippen molar-refractivity contribution in [1.29, 1.82) is 0 Å². The number of ether oxygens (including phenoxy) is 3. The van der Waals surface area contributed by atoms with Crippen LogP contribution in [0, 0.1) is 0 Å². The zero-order chi connectivity index (χ0) is 17.0. The molecule has 0 saturated carbocycles. The van der Waals surface area contributed by atoms with Gasteiger partial charge < -0.3 is 19.1 Å². The van der Waals surface area contributed by atoms with Gasteiger partial charge in [-0.15, -0.1) is 5.10 Å². The second-order valence-corrected chi connectivity index (χ2v) is 6.40. The number of esters is 1. The van der Waals surface area contributed by atoms with Crippen molar-refractivity contribution in [2.24, 2.45) is 0 Å². The molecule has 1 aliphatic rings. The van der Waals surface area contributed by atoms with E-state index >= 15 is 0 Å². The quantitative estimate of drug-likeness (QED) is 0.854. The zero-order valence-electron chi connectivity index (χ0n) is 13.9. The Balaban J connectivity index is 1.82. The van der Waals surface area contributed by atoms with Gasteiger partial charge in [-0.1, -0.05) is 0 Å². The standard InChI is InChI=1S/C15H23N3O5/c1-15(2,3)23-14(20)18-7-5-10(6-8-18)22-12-9-11(16-17-12)13(19)21-4/h9-10H,5-8H2,1-4H3,(H,16,17). The first kappa shape index (κ1) is 17.1. The first-order valence-corrected chi connectivity index (χ1v) is 7.57. The number of rotatable bonds is 3. The number of carbonyl (C=O) groups is 2. The highest BCUT2D eigenvalue weighted by atomic mass is 16.6. The summed E-state index contributed by atoms with van der Waals surface area (Å²) < 4.78 is 15.7. The van der Waals surface area contributed by atoms with Crippen molar-refractivity contribution in [2.75, 3.05) is 20.2 Å². The normalized spacial score (nSPS) is 16.1. The van der Waals surface area contributed by atoms with Crippen molar-refractivity contribution < 1.29 is 23.8 Å². The number of aromatic nitrogens is 2. The molecule has 1 saturated heterocycles. The van der Waals surface area contributed by atoms with Gasteiger partial charge in [0, 0.05) is 32.0 Å². The molecule has 1 aromatic rings. The largest absolute Gasteiger partial charge is 0.473 e. The van der Waals surface area contributed by atoms with E-state index in [0.29, 0.717) is 31.8 Å². The SMILES string of the molecule is COC(=O)c1cc(OC2CCN(C(=O)OC(C)(C)C)CC2)n[nH]1. The van der Waals surface area contributed by atoms with Crippen LogP contribution in [0.15, 0.2) is 6.07 Å². The molecule has 23 heavy (non-hydrogen) atoms. The number of piperidine rings is 1. The van der Waals surface area contributed by atoms with E-state index in [1.165, 1.54) is 13.2 Å². The summed E-state index contributed by atoms with van der Waals surface area (Å²) >= 11 is 0. The van der Waals surface area contributed by atoms with Crippen molar-refractivity contribution >= 4 is 12.1 Å². The molecule has 8 nitrogen and oxygen atoms in total. The highest BCUT2D eigenvalue weighted by Crippen LogP contribution is 2.20. The fourth-order valence-electron chi connectivity index (χ4n) is 2.23. The number of hydrogen-bond acceptors (Lipinski definition) is 6. The van der Waals surface area contributed by atoms with E-state index in [4.69, 9.17) is 9.47 Å². The molecule has 1 aliphatic heterocycles. The van der Waals surface area contributed by atoms with Crippen LogP contribution in [0.4, 0.5) is 4.79 Å². The monoisotopic (exact) mass is 325 g/mol. The van der Waals surface area contributed by atoms with Gasteiger partial charge in [0.25, 0.3) is 0 Å². The lowest BCUT2D eigenvalue weighted by atomic mass is 10.1. The van der Waals surface area contributed by atoms with Crippen molar-refractivity contribution in [3.8, 4) is 5.88 Å². The molecular weight excluding hydrogens is 302 g/mol. The molecule has 1 amide bonds. The van der Waals surface area contributed by atoms with E-state index in [9.17, 15) is 9.59 Å². The van der Waals surface area contributed by atoms with Crippen molar-refractivity contribution in [1.82, 2.24) is 15.1 Å². The van der Waals surface area contributed by atoms with Crippen LogP contribution in [0.25, 0.3) is 0 Å². The number of likely N-dealkylation sites (tertiary alicyclic amines) is 1. The van der Waals surface area contributed by atoms with Crippen LogP contribution in [0.2, 0.25) is 0 Å². The maximum Gasteiger partial charge on any atom is 0.410 e. The van der Waals surface area contributed by atoms with Gasteiger partial charge in [-0.05, 0) is 20.8 Å². The predicted molar refractivity (Wildman–Crippen MR) is 81.4 cm³/mol. The van der Waals surface area contributed by atoms with Gasteiger partial charge in [-0.3, -0.25) is 5.10 Å². The number of nitrogens with one attached hydrogen (secondary N) is 1. The molecule has 0 bridgehead atoms. The molecular formula is C15H23N3O5. The highest BCUT2D eigenvalue weighted by molar-refractivity contribution is 5.87. The number of amides is 1. The van der Waals surface area contributed by atoms with Gasteiger partial charge in [0.15, 0.2) is 0 Å². The maximum atomic E-state index is 12.0. The lowest BCUT2D eigenvalue weighted by Gasteiger charge is -2.33. The molecule has 1 aromatic heterocycles. The first-order chi connectivity index (χ1) is 10.8. The Morgan fingerprint density at radius 1 is 1.30 bits per heavy atom. The van der Waals surface area contributed by atoms with Gasteiger partial charge in [0.1, 0.15) is 17.4 Å². The molecule has 0 atom stereocenters. The van der Waals surface area contributed by atoms with Crippen molar-refractivity contribution in [3.05, 3.63) is 11.8 Å². The molecule has 2 rings (SSSR count). The fraction of sp³-hybridized carbons (Fsp3) is 0.667. The minimum Gasteiger partial charge on any atom is -0.473 e. The average Bonchev–Trinajstić information content (AvgIpc) is 2.94. The Hall–Kier alpha value is -2.25. The van der Waals surface area contributed by atoms with Crippen LogP contribution >= 0.6 is 0 Å². The minimum absolute atomic E-state index is 0.0533. The smallest absolute Gasteiger partial charge is 0.410 e. The van der Waals surface area contributed by atoms with Crippen LogP contribution in [0.1, 0.15) is 44.1 Å². The summed E-state index contributed by atoms with van der Waals surface area (Å²) in [5.74, 6) is -0.145. The first-order valence-electron chi connectivity index (χ1n) is 7.57. The second kappa shape index (κ2) is 6.89. The summed E-state index contributed by atoms with van der Waals surface area (Å²) in [6.45, 7) is 6.66. The van der Waals surface area contributed by atoms with Crippen molar-refractivity contribution in [2.45, 2.75) is 45.3 Å².